The highest BCUT2D eigenvalue weighted by Crippen LogP contribution is 2.37. The summed E-state index contributed by atoms with van der Waals surface area (Å²) in [4.78, 5) is 9.91. The third-order valence-electron chi connectivity index (χ3n) is 4.08. The Hall–Kier alpha value is -2.72. The quantitative estimate of drug-likeness (QED) is 0.524. The number of aryl methyl sites for hydroxylation is 1. The molecule has 0 bridgehead atoms. The third-order valence-corrected chi connectivity index (χ3v) is 4.97. The van der Waals surface area contributed by atoms with Crippen molar-refractivity contribution in [3.8, 4) is 11.1 Å². The normalized spacial score (nSPS) is 10.9. The van der Waals surface area contributed by atoms with E-state index in [0.717, 1.165) is 28.1 Å². The second-order valence-electron chi connectivity index (χ2n) is 5.59. The molecule has 0 saturated heterocycles. The van der Waals surface area contributed by atoms with Crippen LogP contribution in [0.25, 0.3) is 21.3 Å². The summed E-state index contributed by atoms with van der Waals surface area (Å²) in [5, 5.41) is 6.68. The fourth-order valence-electron chi connectivity index (χ4n) is 2.76. The van der Waals surface area contributed by atoms with Crippen LogP contribution < -0.4 is 5.32 Å². The van der Waals surface area contributed by atoms with Crippen LogP contribution in [0.2, 0.25) is 0 Å². The van der Waals surface area contributed by atoms with E-state index in [9.17, 15) is 0 Å². The van der Waals surface area contributed by atoms with Gasteiger partial charge in [-0.2, -0.15) is 0 Å². The maximum Gasteiger partial charge on any atom is 0.143 e. The predicted molar refractivity (Wildman–Crippen MR) is 102 cm³/mol. The van der Waals surface area contributed by atoms with Crippen molar-refractivity contribution in [2.75, 3.05) is 5.32 Å². The molecule has 1 N–H and O–H groups in total. The van der Waals surface area contributed by atoms with Gasteiger partial charge in [-0.3, -0.25) is 0 Å². The molecule has 0 fully saturated rings. The smallest absolute Gasteiger partial charge is 0.143 e. The van der Waals surface area contributed by atoms with Gasteiger partial charge in [-0.1, -0.05) is 49.4 Å². The van der Waals surface area contributed by atoms with E-state index >= 15 is 0 Å². The number of hydrogen-bond donors (Lipinski definition) is 1. The first-order valence-corrected chi connectivity index (χ1v) is 8.86. The number of benzene rings is 2. The maximum atomic E-state index is 4.49. The summed E-state index contributed by atoms with van der Waals surface area (Å²) in [6, 6.07) is 18.9. The number of nitrogens with zero attached hydrogens (tertiary/aromatic N) is 2. The number of nitrogens with one attached hydrogen (secondary N) is 1. The van der Waals surface area contributed by atoms with Gasteiger partial charge in [0.15, 0.2) is 0 Å². The Balaban J connectivity index is 1.79. The molecule has 0 aliphatic rings. The zero-order valence-electron chi connectivity index (χ0n) is 13.4. The molecule has 2 aromatic heterocycles. The van der Waals surface area contributed by atoms with Crippen molar-refractivity contribution in [1.29, 1.82) is 0 Å². The fraction of sp³-hybridized carbons (Fsp3) is 0.100. The number of fused-ring (bicyclic) bond motifs is 1. The monoisotopic (exact) mass is 331 g/mol. The molecule has 3 nitrogen and oxygen atoms in total. The number of hydrogen-bond acceptors (Lipinski definition) is 4. The highest BCUT2D eigenvalue weighted by atomic mass is 32.1. The minimum Gasteiger partial charge on any atom is -0.340 e. The molecule has 2 aromatic carbocycles. The Morgan fingerprint density at radius 2 is 1.75 bits per heavy atom. The van der Waals surface area contributed by atoms with Crippen LogP contribution in [0.1, 0.15) is 12.5 Å². The van der Waals surface area contributed by atoms with Gasteiger partial charge in [0.2, 0.25) is 0 Å². The third kappa shape index (κ3) is 2.76. The number of aromatic nitrogens is 2. The van der Waals surface area contributed by atoms with Crippen LogP contribution in [0.5, 0.6) is 0 Å². The number of thiophene rings is 1. The minimum absolute atomic E-state index is 0.851. The first kappa shape index (κ1) is 14.8. The van der Waals surface area contributed by atoms with Crippen LogP contribution >= 0.6 is 11.3 Å². The molecular weight excluding hydrogens is 314 g/mol. The van der Waals surface area contributed by atoms with Crippen LogP contribution in [-0.2, 0) is 6.42 Å². The molecule has 0 radical (unpaired) electrons. The van der Waals surface area contributed by atoms with E-state index in [1.54, 1.807) is 17.7 Å². The van der Waals surface area contributed by atoms with Crippen LogP contribution in [0, 0.1) is 0 Å². The second kappa shape index (κ2) is 6.42. The lowest BCUT2D eigenvalue weighted by atomic mass is 10.1. The Bertz CT molecular complexity index is 959. The number of anilines is 2. The Morgan fingerprint density at radius 3 is 2.50 bits per heavy atom. The predicted octanol–water partition coefficient (Wildman–Crippen LogP) is 5.66. The van der Waals surface area contributed by atoms with Crippen molar-refractivity contribution in [1.82, 2.24) is 9.97 Å². The van der Waals surface area contributed by atoms with Gasteiger partial charge >= 0.3 is 0 Å². The zero-order valence-corrected chi connectivity index (χ0v) is 14.2. The Morgan fingerprint density at radius 1 is 0.958 bits per heavy atom. The Labute approximate surface area is 145 Å². The van der Waals surface area contributed by atoms with E-state index in [0.29, 0.717) is 0 Å². The van der Waals surface area contributed by atoms with E-state index in [4.69, 9.17) is 0 Å². The summed E-state index contributed by atoms with van der Waals surface area (Å²) >= 11 is 1.65. The summed E-state index contributed by atoms with van der Waals surface area (Å²) in [6.45, 7) is 2.16. The first-order valence-electron chi connectivity index (χ1n) is 7.98. The molecule has 0 spiro atoms. The van der Waals surface area contributed by atoms with Crippen molar-refractivity contribution in [2.45, 2.75) is 13.3 Å². The number of rotatable bonds is 4. The summed E-state index contributed by atoms with van der Waals surface area (Å²) in [5.41, 5.74) is 4.72. The first-order chi connectivity index (χ1) is 11.8. The molecule has 0 amide bonds. The van der Waals surface area contributed by atoms with Gasteiger partial charge in [-0.05, 0) is 29.7 Å². The molecule has 0 saturated carbocycles. The van der Waals surface area contributed by atoms with E-state index in [1.807, 2.05) is 6.07 Å². The lowest BCUT2D eigenvalue weighted by Gasteiger charge is -2.09. The van der Waals surface area contributed by atoms with Crippen molar-refractivity contribution in [3.63, 3.8) is 0 Å². The highest BCUT2D eigenvalue weighted by Gasteiger charge is 2.13. The fourth-order valence-corrected chi connectivity index (χ4v) is 3.68. The average molecular weight is 331 g/mol. The molecule has 0 atom stereocenters. The van der Waals surface area contributed by atoms with E-state index in [-0.39, 0.29) is 0 Å². The van der Waals surface area contributed by atoms with Gasteiger partial charge in [0.25, 0.3) is 0 Å². The van der Waals surface area contributed by atoms with E-state index in [2.05, 4.69) is 76.1 Å². The van der Waals surface area contributed by atoms with Gasteiger partial charge in [0.1, 0.15) is 17.0 Å². The summed E-state index contributed by atoms with van der Waals surface area (Å²) in [6.07, 6.45) is 2.66. The maximum absolute atomic E-state index is 4.49. The van der Waals surface area contributed by atoms with Crippen LogP contribution in [0.4, 0.5) is 11.5 Å². The summed E-state index contributed by atoms with van der Waals surface area (Å²) < 4.78 is 0. The molecule has 0 aliphatic heterocycles. The average Bonchev–Trinajstić information content (AvgIpc) is 3.08. The molecule has 0 aliphatic carbocycles. The van der Waals surface area contributed by atoms with Crippen molar-refractivity contribution >= 4 is 33.1 Å². The lowest BCUT2D eigenvalue weighted by molar-refractivity contribution is 1.14. The van der Waals surface area contributed by atoms with Crippen molar-refractivity contribution in [2.24, 2.45) is 0 Å². The van der Waals surface area contributed by atoms with Gasteiger partial charge in [-0.15, -0.1) is 11.3 Å². The zero-order chi connectivity index (χ0) is 16.4. The molecule has 2 heterocycles. The van der Waals surface area contributed by atoms with Crippen LogP contribution in [0.3, 0.4) is 0 Å². The van der Waals surface area contributed by atoms with Gasteiger partial charge in [0.05, 0.1) is 5.39 Å². The molecule has 118 valence electrons. The second-order valence-corrected chi connectivity index (χ2v) is 6.45. The largest absolute Gasteiger partial charge is 0.340 e. The molecular formula is C20H17N3S. The molecule has 4 aromatic rings. The van der Waals surface area contributed by atoms with Crippen molar-refractivity contribution in [3.05, 3.63) is 71.9 Å². The standard InChI is InChI=1S/C20H17N3S/c1-2-14-8-10-16(11-9-14)23-19-18-17(15-6-4-3-5-7-15)12-24-20(18)22-13-21-19/h3-13H,2H2,1H3,(H,21,22,23). The van der Waals surface area contributed by atoms with Gasteiger partial charge in [0, 0.05) is 16.6 Å². The lowest BCUT2D eigenvalue weighted by Crippen LogP contribution is -1.95. The topological polar surface area (TPSA) is 37.8 Å². The summed E-state index contributed by atoms with van der Waals surface area (Å²) in [7, 11) is 0. The van der Waals surface area contributed by atoms with Crippen LogP contribution in [0.15, 0.2) is 66.3 Å². The molecule has 0 unspecified atom stereocenters. The van der Waals surface area contributed by atoms with Gasteiger partial charge < -0.3 is 5.32 Å². The van der Waals surface area contributed by atoms with E-state index < -0.39 is 0 Å². The van der Waals surface area contributed by atoms with Gasteiger partial charge in [-0.25, -0.2) is 9.97 Å². The molecule has 24 heavy (non-hydrogen) atoms. The van der Waals surface area contributed by atoms with E-state index in [1.165, 1.54) is 16.7 Å². The summed E-state index contributed by atoms with van der Waals surface area (Å²) in [5.74, 6) is 0.851. The highest BCUT2D eigenvalue weighted by molar-refractivity contribution is 7.17. The van der Waals surface area contributed by atoms with Crippen molar-refractivity contribution < 1.29 is 0 Å². The Kier molecular flexibility index (Phi) is 3.97. The SMILES string of the molecule is CCc1ccc(Nc2ncnc3scc(-c4ccccc4)c23)cc1. The molecule has 4 rings (SSSR count). The van der Waals surface area contributed by atoms with Crippen LogP contribution in [-0.4, -0.2) is 9.97 Å². The molecule has 4 heteroatoms. The minimum atomic E-state index is 0.851.